The molecule has 1 heterocycles. The van der Waals surface area contributed by atoms with Crippen LogP contribution in [0.25, 0.3) is 10.9 Å². The molecule has 3 N–H and O–H groups in total. The van der Waals surface area contributed by atoms with Crippen LogP contribution in [0.2, 0.25) is 5.02 Å². The fourth-order valence-corrected chi connectivity index (χ4v) is 1.99. The lowest BCUT2D eigenvalue weighted by Crippen LogP contribution is -2.35. The summed E-state index contributed by atoms with van der Waals surface area (Å²) in [6, 6.07) is 7.46. The molecule has 0 atom stereocenters. The van der Waals surface area contributed by atoms with Crippen LogP contribution in [0.5, 0.6) is 0 Å². The fraction of sp³-hybridized carbons (Fsp3) is 0.333. The van der Waals surface area contributed by atoms with Gasteiger partial charge in [0.2, 0.25) is 0 Å². The number of para-hydroxylation sites is 1. The van der Waals surface area contributed by atoms with Gasteiger partial charge in [-0.1, -0.05) is 29.8 Å². The number of aliphatic hydroxyl groups is 1. The summed E-state index contributed by atoms with van der Waals surface area (Å²) in [5, 5.41) is 12.4. The molecule has 1 aromatic heterocycles. The van der Waals surface area contributed by atoms with Crippen molar-refractivity contribution in [2.45, 2.75) is 12.5 Å². The van der Waals surface area contributed by atoms with E-state index in [-0.39, 0.29) is 6.54 Å². The van der Waals surface area contributed by atoms with Crippen molar-refractivity contribution in [2.24, 2.45) is 0 Å². The molecule has 0 amide bonds. The molecule has 6 heteroatoms. The zero-order valence-corrected chi connectivity index (χ0v) is 10.3. The van der Waals surface area contributed by atoms with E-state index in [1.807, 2.05) is 24.3 Å². The van der Waals surface area contributed by atoms with Crippen molar-refractivity contribution < 1.29 is 13.9 Å². The zero-order chi connectivity index (χ0) is 13.2. The van der Waals surface area contributed by atoms with Crippen LogP contribution in [-0.2, 0) is 6.54 Å². The lowest BCUT2D eigenvalue weighted by Gasteiger charge is -2.13. The van der Waals surface area contributed by atoms with Gasteiger partial charge in [-0.05, 0) is 6.07 Å². The molecule has 0 saturated carbocycles. The zero-order valence-electron chi connectivity index (χ0n) is 9.51. The van der Waals surface area contributed by atoms with Gasteiger partial charge < -0.3 is 15.4 Å². The first-order valence-electron chi connectivity index (χ1n) is 5.48. The molecule has 2 rings (SSSR count). The Labute approximate surface area is 108 Å². The van der Waals surface area contributed by atoms with Crippen LogP contribution in [0.3, 0.4) is 0 Å². The molecule has 0 aliphatic heterocycles. The van der Waals surface area contributed by atoms with E-state index in [1.165, 1.54) is 0 Å². The molecule has 0 fully saturated rings. The maximum atomic E-state index is 12.8. The molecule has 98 valence electrons. The van der Waals surface area contributed by atoms with Gasteiger partial charge in [-0.2, -0.15) is 0 Å². The van der Waals surface area contributed by atoms with Crippen molar-refractivity contribution in [3.8, 4) is 0 Å². The summed E-state index contributed by atoms with van der Waals surface area (Å²) in [7, 11) is 0. The Kier molecular flexibility index (Phi) is 3.85. The second-order valence-electron chi connectivity index (χ2n) is 4.08. The number of aromatic nitrogens is 1. The molecular formula is C12H13ClF2N2O. The van der Waals surface area contributed by atoms with E-state index in [4.69, 9.17) is 16.7 Å². The molecule has 0 bridgehead atoms. The Morgan fingerprint density at radius 1 is 1.33 bits per heavy atom. The molecule has 0 aliphatic carbocycles. The summed E-state index contributed by atoms with van der Waals surface area (Å²) in [6.45, 7) is -1.56. The average Bonchev–Trinajstić information content (AvgIpc) is 2.67. The highest BCUT2D eigenvalue weighted by Gasteiger charge is 2.26. The lowest BCUT2D eigenvalue weighted by atomic mass is 10.2. The first kappa shape index (κ1) is 13.3. The molecule has 0 saturated heterocycles. The van der Waals surface area contributed by atoms with Crippen LogP contribution >= 0.6 is 11.6 Å². The molecule has 1 aromatic carbocycles. The second kappa shape index (κ2) is 5.22. The van der Waals surface area contributed by atoms with Crippen LogP contribution in [0.15, 0.2) is 24.3 Å². The molecule has 18 heavy (non-hydrogen) atoms. The van der Waals surface area contributed by atoms with Crippen molar-refractivity contribution >= 4 is 22.5 Å². The Morgan fingerprint density at radius 2 is 2.06 bits per heavy atom. The topological polar surface area (TPSA) is 48.0 Å². The predicted octanol–water partition coefficient (Wildman–Crippen LogP) is 2.54. The number of fused-ring (bicyclic) bond motifs is 1. The third-order valence-electron chi connectivity index (χ3n) is 2.63. The number of rotatable bonds is 5. The standard InChI is InChI=1S/C12H13ClF2N2O/c13-11-8-3-1-2-4-9(8)17-10(11)5-16-6-12(14,15)7-18/h1-4,16-18H,5-7H2. The highest BCUT2D eigenvalue weighted by Crippen LogP contribution is 2.27. The summed E-state index contributed by atoms with van der Waals surface area (Å²) < 4.78 is 25.6. The highest BCUT2D eigenvalue weighted by molar-refractivity contribution is 6.36. The van der Waals surface area contributed by atoms with Gasteiger partial charge in [0.25, 0.3) is 5.92 Å². The van der Waals surface area contributed by atoms with E-state index in [9.17, 15) is 8.78 Å². The number of alkyl halides is 2. The van der Waals surface area contributed by atoms with Crippen LogP contribution < -0.4 is 5.32 Å². The van der Waals surface area contributed by atoms with Gasteiger partial charge in [0, 0.05) is 23.1 Å². The van der Waals surface area contributed by atoms with Crippen molar-refractivity contribution in [3.05, 3.63) is 35.0 Å². The van der Waals surface area contributed by atoms with Crippen LogP contribution in [0, 0.1) is 0 Å². The number of benzene rings is 1. The van der Waals surface area contributed by atoms with E-state index in [2.05, 4.69) is 10.3 Å². The molecular weight excluding hydrogens is 262 g/mol. The van der Waals surface area contributed by atoms with Gasteiger partial charge in [-0.3, -0.25) is 0 Å². The summed E-state index contributed by atoms with van der Waals surface area (Å²) >= 11 is 6.13. The highest BCUT2D eigenvalue weighted by atomic mass is 35.5. The van der Waals surface area contributed by atoms with E-state index in [0.717, 1.165) is 10.9 Å². The smallest absolute Gasteiger partial charge is 0.282 e. The number of H-pyrrole nitrogens is 1. The van der Waals surface area contributed by atoms with Crippen molar-refractivity contribution in [1.29, 1.82) is 0 Å². The first-order valence-corrected chi connectivity index (χ1v) is 5.86. The Bertz CT molecular complexity index is 542. The quantitative estimate of drug-likeness (QED) is 0.785. The van der Waals surface area contributed by atoms with Gasteiger partial charge in [0.15, 0.2) is 0 Å². The number of nitrogens with one attached hydrogen (secondary N) is 2. The van der Waals surface area contributed by atoms with Crippen molar-refractivity contribution in [2.75, 3.05) is 13.2 Å². The Hall–Kier alpha value is -1.17. The van der Waals surface area contributed by atoms with Gasteiger partial charge in [0.05, 0.1) is 11.6 Å². The SMILES string of the molecule is OCC(F)(F)CNCc1[nH]c2ccccc2c1Cl. The monoisotopic (exact) mass is 274 g/mol. The normalized spacial score (nSPS) is 12.2. The van der Waals surface area contributed by atoms with Gasteiger partial charge in [-0.25, -0.2) is 8.78 Å². The number of aliphatic hydroxyl groups excluding tert-OH is 1. The molecule has 0 aliphatic rings. The van der Waals surface area contributed by atoms with E-state index in [0.29, 0.717) is 10.7 Å². The van der Waals surface area contributed by atoms with E-state index >= 15 is 0 Å². The fourth-order valence-electron chi connectivity index (χ4n) is 1.71. The maximum absolute atomic E-state index is 12.8. The maximum Gasteiger partial charge on any atom is 0.282 e. The number of hydrogen-bond donors (Lipinski definition) is 3. The lowest BCUT2D eigenvalue weighted by molar-refractivity contribution is -0.0478. The summed E-state index contributed by atoms with van der Waals surface area (Å²) in [5.41, 5.74) is 1.53. The minimum absolute atomic E-state index is 0.198. The summed E-state index contributed by atoms with van der Waals surface area (Å²) in [5.74, 6) is -3.11. The molecule has 3 nitrogen and oxygen atoms in total. The number of hydrogen-bond acceptors (Lipinski definition) is 2. The second-order valence-corrected chi connectivity index (χ2v) is 4.46. The van der Waals surface area contributed by atoms with Crippen LogP contribution in [0.1, 0.15) is 5.69 Å². The van der Waals surface area contributed by atoms with Crippen molar-refractivity contribution in [1.82, 2.24) is 10.3 Å². The first-order chi connectivity index (χ1) is 8.53. The van der Waals surface area contributed by atoms with Gasteiger partial charge >= 0.3 is 0 Å². The van der Waals surface area contributed by atoms with Crippen molar-refractivity contribution in [3.63, 3.8) is 0 Å². The van der Waals surface area contributed by atoms with E-state index < -0.39 is 19.1 Å². The molecule has 0 radical (unpaired) electrons. The molecule has 0 spiro atoms. The van der Waals surface area contributed by atoms with Crippen LogP contribution in [0.4, 0.5) is 8.78 Å². The number of halogens is 3. The van der Waals surface area contributed by atoms with Gasteiger partial charge in [0.1, 0.15) is 6.61 Å². The van der Waals surface area contributed by atoms with Gasteiger partial charge in [-0.15, -0.1) is 0 Å². The summed E-state index contributed by atoms with van der Waals surface area (Å²) in [6.07, 6.45) is 0. The third-order valence-corrected chi connectivity index (χ3v) is 3.06. The van der Waals surface area contributed by atoms with Crippen LogP contribution in [-0.4, -0.2) is 29.2 Å². The minimum atomic E-state index is -3.11. The Morgan fingerprint density at radius 3 is 2.72 bits per heavy atom. The predicted molar refractivity (Wildman–Crippen MR) is 67.0 cm³/mol. The van der Waals surface area contributed by atoms with E-state index in [1.54, 1.807) is 0 Å². The average molecular weight is 275 g/mol. The Balaban J connectivity index is 2.06. The third kappa shape index (κ3) is 2.80. The number of aromatic amines is 1. The largest absolute Gasteiger partial charge is 0.390 e. The summed E-state index contributed by atoms with van der Waals surface area (Å²) in [4.78, 5) is 3.07. The molecule has 0 unspecified atom stereocenters. The molecule has 2 aromatic rings. The minimum Gasteiger partial charge on any atom is -0.390 e.